The third-order valence-electron chi connectivity index (χ3n) is 5.14. The van der Waals surface area contributed by atoms with Crippen molar-refractivity contribution >= 4 is 5.91 Å². The fourth-order valence-electron chi connectivity index (χ4n) is 3.33. The Morgan fingerprint density at radius 1 is 1.12 bits per heavy atom. The van der Waals surface area contributed by atoms with Gasteiger partial charge in [0.05, 0.1) is 6.33 Å². The lowest BCUT2D eigenvalue weighted by molar-refractivity contribution is -0.127. The molecule has 1 heterocycles. The van der Waals surface area contributed by atoms with Crippen LogP contribution < -0.4 is 5.32 Å². The molecule has 1 aromatic heterocycles. The number of nitrogens with one attached hydrogen (secondary N) is 1. The first-order valence-corrected chi connectivity index (χ1v) is 9.20. The van der Waals surface area contributed by atoms with E-state index in [2.05, 4.69) is 51.3 Å². The minimum Gasteiger partial charge on any atom is -0.352 e. The van der Waals surface area contributed by atoms with Gasteiger partial charge in [-0.25, -0.2) is 4.98 Å². The zero-order chi connectivity index (χ0) is 17.8. The summed E-state index contributed by atoms with van der Waals surface area (Å²) < 4.78 is 2.05. The van der Waals surface area contributed by atoms with Crippen molar-refractivity contribution in [2.24, 2.45) is 5.92 Å². The van der Waals surface area contributed by atoms with Crippen LogP contribution in [0, 0.1) is 5.92 Å². The highest BCUT2D eigenvalue weighted by molar-refractivity contribution is 5.79. The predicted molar refractivity (Wildman–Crippen MR) is 102 cm³/mol. The summed E-state index contributed by atoms with van der Waals surface area (Å²) in [6.45, 7) is 1.40. The first-order chi connectivity index (χ1) is 12.8. The number of amides is 1. The van der Waals surface area contributed by atoms with Crippen LogP contribution in [0.25, 0.3) is 11.1 Å². The fraction of sp³-hybridized carbons (Fsp3) is 0.273. The molecule has 0 radical (unpaired) electrons. The second-order valence-electron chi connectivity index (χ2n) is 6.93. The van der Waals surface area contributed by atoms with Crippen LogP contribution in [0.15, 0.2) is 67.3 Å². The van der Waals surface area contributed by atoms with Gasteiger partial charge in [-0.1, -0.05) is 55.0 Å². The topological polar surface area (TPSA) is 46.9 Å². The number of rotatable bonds is 6. The molecule has 0 atom stereocenters. The standard InChI is InChI=1S/C22H23N3O/c26-22(19-5-3-6-19)24-14-20-4-1-2-7-21(20)18-10-8-17(9-11-18)15-25-13-12-23-16-25/h1-2,4,7-13,16,19H,3,5-6,14-15H2,(H,24,26). The molecule has 0 aliphatic heterocycles. The summed E-state index contributed by atoms with van der Waals surface area (Å²) >= 11 is 0. The normalized spacial score (nSPS) is 14.0. The second kappa shape index (κ2) is 7.56. The Bertz CT molecular complexity index is 865. The van der Waals surface area contributed by atoms with Crippen molar-refractivity contribution in [3.63, 3.8) is 0 Å². The van der Waals surface area contributed by atoms with E-state index < -0.39 is 0 Å². The summed E-state index contributed by atoms with van der Waals surface area (Å²) in [5, 5.41) is 3.10. The lowest BCUT2D eigenvalue weighted by Crippen LogP contribution is -2.34. The van der Waals surface area contributed by atoms with Crippen molar-refractivity contribution in [2.45, 2.75) is 32.4 Å². The van der Waals surface area contributed by atoms with Crippen molar-refractivity contribution in [1.82, 2.24) is 14.9 Å². The van der Waals surface area contributed by atoms with Crippen LogP contribution in [0.4, 0.5) is 0 Å². The molecular formula is C22H23N3O. The Hall–Kier alpha value is -2.88. The van der Waals surface area contributed by atoms with Crippen molar-refractivity contribution in [3.05, 3.63) is 78.4 Å². The molecule has 0 saturated heterocycles. The van der Waals surface area contributed by atoms with Crippen LogP contribution in [0.1, 0.15) is 30.4 Å². The molecule has 4 rings (SSSR count). The molecule has 1 N–H and O–H groups in total. The molecule has 3 aromatic rings. The summed E-state index contributed by atoms with van der Waals surface area (Å²) in [5.74, 6) is 0.423. The van der Waals surface area contributed by atoms with Crippen molar-refractivity contribution in [1.29, 1.82) is 0 Å². The van der Waals surface area contributed by atoms with E-state index in [0.29, 0.717) is 6.54 Å². The van der Waals surface area contributed by atoms with Gasteiger partial charge in [0.25, 0.3) is 0 Å². The van der Waals surface area contributed by atoms with E-state index >= 15 is 0 Å². The Kier molecular flexibility index (Phi) is 4.82. The van der Waals surface area contributed by atoms with E-state index in [-0.39, 0.29) is 11.8 Å². The summed E-state index contributed by atoms with van der Waals surface area (Å²) in [6.07, 6.45) is 8.84. The summed E-state index contributed by atoms with van der Waals surface area (Å²) in [4.78, 5) is 16.2. The van der Waals surface area contributed by atoms with E-state index in [1.807, 2.05) is 24.7 Å². The van der Waals surface area contributed by atoms with E-state index in [4.69, 9.17) is 0 Å². The number of aromatic nitrogens is 2. The lowest BCUT2D eigenvalue weighted by atomic mass is 9.85. The van der Waals surface area contributed by atoms with Gasteiger partial charge in [-0.05, 0) is 35.1 Å². The van der Waals surface area contributed by atoms with Gasteiger partial charge in [-0.15, -0.1) is 0 Å². The van der Waals surface area contributed by atoms with Crippen molar-refractivity contribution in [2.75, 3.05) is 0 Å². The van der Waals surface area contributed by atoms with Gasteiger partial charge in [-0.2, -0.15) is 0 Å². The number of carbonyl (C=O) groups is 1. The van der Waals surface area contributed by atoms with E-state index in [1.54, 1.807) is 6.20 Å². The van der Waals surface area contributed by atoms with Gasteiger partial charge in [0.2, 0.25) is 5.91 Å². The Morgan fingerprint density at radius 2 is 1.92 bits per heavy atom. The molecule has 0 spiro atoms. The summed E-state index contributed by atoms with van der Waals surface area (Å²) in [5.41, 5.74) is 4.74. The molecule has 26 heavy (non-hydrogen) atoms. The Morgan fingerprint density at radius 3 is 2.62 bits per heavy atom. The second-order valence-corrected chi connectivity index (χ2v) is 6.93. The summed E-state index contributed by atoms with van der Waals surface area (Å²) in [7, 11) is 0. The van der Waals surface area contributed by atoms with Crippen LogP contribution >= 0.6 is 0 Å². The van der Waals surface area contributed by atoms with Crippen LogP contribution in [0.5, 0.6) is 0 Å². The maximum atomic E-state index is 12.1. The lowest BCUT2D eigenvalue weighted by Gasteiger charge is -2.24. The molecule has 1 aliphatic carbocycles. The molecule has 1 aliphatic rings. The van der Waals surface area contributed by atoms with E-state index in [0.717, 1.165) is 24.9 Å². The molecule has 1 amide bonds. The average molecular weight is 345 g/mol. The molecule has 0 bridgehead atoms. The van der Waals surface area contributed by atoms with E-state index in [1.165, 1.54) is 23.1 Å². The van der Waals surface area contributed by atoms with Gasteiger partial charge >= 0.3 is 0 Å². The van der Waals surface area contributed by atoms with Crippen molar-refractivity contribution in [3.8, 4) is 11.1 Å². The van der Waals surface area contributed by atoms with Crippen molar-refractivity contribution < 1.29 is 4.79 Å². The predicted octanol–water partition coefficient (Wildman–Crippen LogP) is 4.01. The minimum absolute atomic E-state index is 0.196. The van der Waals surface area contributed by atoms with E-state index in [9.17, 15) is 4.79 Å². The smallest absolute Gasteiger partial charge is 0.223 e. The minimum atomic E-state index is 0.196. The number of benzene rings is 2. The third kappa shape index (κ3) is 3.69. The molecule has 4 heteroatoms. The largest absolute Gasteiger partial charge is 0.352 e. The number of hydrogen-bond acceptors (Lipinski definition) is 2. The van der Waals surface area contributed by atoms with Crippen LogP contribution in [0.3, 0.4) is 0 Å². The monoisotopic (exact) mass is 345 g/mol. The first kappa shape index (κ1) is 16.6. The summed E-state index contributed by atoms with van der Waals surface area (Å²) in [6, 6.07) is 16.9. The third-order valence-corrected chi connectivity index (χ3v) is 5.14. The molecule has 2 aromatic carbocycles. The number of hydrogen-bond donors (Lipinski definition) is 1. The van der Waals surface area contributed by atoms with Gasteiger partial charge < -0.3 is 9.88 Å². The Balaban J connectivity index is 1.47. The van der Waals surface area contributed by atoms with Gasteiger partial charge in [0.1, 0.15) is 0 Å². The fourth-order valence-corrected chi connectivity index (χ4v) is 3.33. The number of nitrogens with zero attached hydrogens (tertiary/aromatic N) is 2. The van der Waals surface area contributed by atoms with Gasteiger partial charge in [-0.3, -0.25) is 4.79 Å². The van der Waals surface area contributed by atoms with Crippen LogP contribution in [-0.4, -0.2) is 15.5 Å². The SMILES string of the molecule is O=C(NCc1ccccc1-c1ccc(Cn2ccnc2)cc1)C1CCC1. The molecule has 1 saturated carbocycles. The highest BCUT2D eigenvalue weighted by Crippen LogP contribution is 2.27. The van der Waals surface area contributed by atoms with Gasteiger partial charge in [0.15, 0.2) is 0 Å². The van der Waals surface area contributed by atoms with Crippen LogP contribution in [-0.2, 0) is 17.9 Å². The molecule has 0 unspecified atom stereocenters. The average Bonchev–Trinajstić information content (AvgIpc) is 3.12. The first-order valence-electron chi connectivity index (χ1n) is 9.20. The maximum Gasteiger partial charge on any atom is 0.223 e. The Labute approximate surface area is 153 Å². The highest BCUT2D eigenvalue weighted by atomic mass is 16.1. The maximum absolute atomic E-state index is 12.1. The molecule has 132 valence electrons. The highest BCUT2D eigenvalue weighted by Gasteiger charge is 2.24. The number of carbonyl (C=O) groups excluding carboxylic acids is 1. The van der Waals surface area contributed by atoms with Gasteiger partial charge in [0, 0.05) is 31.4 Å². The number of imidazole rings is 1. The zero-order valence-corrected chi connectivity index (χ0v) is 14.8. The zero-order valence-electron chi connectivity index (χ0n) is 14.8. The van der Waals surface area contributed by atoms with Crippen LogP contribution in [0.2, 0.25) is 0 Å². The molecule has 4 nitrogen and oxygen atoms in total. The quantitative estimate of drug-likeness (QED) is 0.733. The molecular weight excluding hydrogens is 322 g/mol. The molecule has 1 fully saturated rings.